The second-order valence-corrected chi connectivity index (χ2v) is 7.28. The molecule has 0 saturated heterocycles. The van der Waals surface area contributed by atoms with Gasteiger partial charge in [0, 0.05) is 6.42 Å². The van der Waals surface area contributed by atoms with Crippen LogP contribution in [0.15, 0.2) is 91.5 Å². The van der Waals surface area contributed by atoms with E-state index in [1.54, 1.807) is 11.0 Å². The van der Waals surface area contributed by atoms with Gasteiger partial charge in [0.05, 0.1) is 11.7 Å². The number of carbonyl (C=O) groups excluding carboxylic acids is 1. The van der Waals surface area contributed by atoms with E-state index in [2.05, 4.69) is 27.5 Å². The summed E-state index contributed by atoms with van der Waals surface area (Å²) in [6, 6.07) is 25.7. The third-order valence-corrected chi connectivity index (χ3v) is 5.02. The minimum atomic E-state index is -0.164. The Bertz CT molecular complexity index is 1110. The molecule has 0 radical (unpaired) electrons. The zero-order valence-electron chi connectivity index (χ0n) is 17.3. The lowest BCUT2D eigenvalue weighted by Gasteiger charge is -2.16. The summed E-state index contributed by atoms with van der Waals surface area (Å²) < 4.78 is 7.53. The highest BCUT2D eigenvalue weighted by Crippen LogP contribution is 2.21. The first-order chi connectivity index (χ1) is 15.2. The molecule has 0 aliphatic rings. The molecule has 1 heterocycles. The van der Waals surface area contributed by atoms with E-state index < -0.39 is 0 Å². The molecule has 0 aliphatic carbocycles. The molecule has 0 unspecified atom stereocenters. The first-order valence-electron chi connectivity index (χ1n) is 10.2. The summed E-state index contributed by atoms with van der Waals surface area (Å²) >= 11 is 0. The zero-order valence-corrected chi connectivity index (χ0v) is 17.3. The predicted octanol–water partition coefficient (Wildman–Crippen LogP) is 4.11. The van der Waals surface area contributed by atoms with Crippen LogP contribution in [0.5, 0.6) is 5.75 Å². The standard InChI is InChI=1S/C25H24N4O2/c1-19(21-11-13-23(14-12-21)29-18-26-17-27-29)28-25(30)16-31-24-10-6-5-9-22(24)15-20-7-3-2-4-8-20/h2-14,17-19H,15-16H2,1H3,(H,28,30)/t19-/m1/s1. The smallest absolute Gasteiger partial charge is 0.258 e. The van der Waals surface area contributed by atoms with Crippen molar-refractivity contribution in [2.24, 2.45) is 0 Å². The maximum Gasteiger partial charge on any atom is 0.258 e. The SMILES string of the molecule is C[C@@H](NC(=O)COc1ccccc1Cc1ccccc1)c1ccc(-n2cncn2)cc1. The monoisotopic (exact) mass is 412 g/mol. The number of ether oxygens (including phenoxy) is 1. The van der Waals surface area contributed by atoms with Crippen LogP contribution in [0.2, 0.25) is 0 Å². The molecule has 0 bridgehead atoms. The van der Waals surface area contributed by atoms with E-state index in [0.29, 0.717) is 0 Å². The molecule has 3 aromatic carbocycles. The van der Waals surface area contributed by atoms with Gasteiger partial charge in [0.1, 0.15) is 18.4 Å². The molecule has 0 spiro atoms. The highest BCUT2D eigenvalue weighted by Gasteiger charge is 2.12. The molecule has 1 N–H and O–H groups in total. The van der Waals surface area contributed by atoms with E-state index in [9.17, 15) is 4.79 Å². The third kappa shape index (κ3) is 5.36. The lowest BCUT2D eigenvalue weighted by atomic mass is 10.0. The highest BCUT2D eigenvalue weighted by molar-refractivity contribution is 5.78. The number of nitrogens with one attached hydrogen (secondary N) is 1. The number of benzene rings is 3. The summed E-state index contributed by atoms with van der Waals surface area (Å²) in [5, 5.41) is 7.11. The fraction of sp³-hybridized carbons (Fsp3) is 0.160. The van der Waals surface area contributed by atoms with Crippen molar-refractivity contribution in [2.45, 2.75) is 19.4 Å². The Morgan fingerprint density at radius 3 is 2.48 bits per heavy atom. The molecule has 0 fully saturated rings. The number of amides is 1. The van der Waals surface area contributed by atoms with Crippen molar-refractivity contribution in [2.75, 3.05) is 6.61 Å². The summed E-state index contributed by atoms with van der Waals surface area (Å²) in [5.74, 6) is 0.564. The van der Waals surface area contributed by atoms with Crippen LogP contribution in [0.1, 0.15) is 29.7 Å². The van der Waals surface area contributed by atoms with Crippen LogP contribution in [0.3, 0.4) is 0 Å². The molecule has 1 aromatic heterocycles. The van der Waals surface area contributed by atoms with E-state index in [1.807, 2.05) is 73.7 Å². The highest BCUT2D eigenvalue weighted by atomic mass is 16.5. The van der Waals surface area contributed by atoms with Gasteiger partial charge in [-0.25, -0.2) is 9.67 Å². The number of para-hydroxylation sites is 1. The van der Waals surface area contributed by atoms with Gasteiger partial charge in [0.15, 0.2) is 6.61 Å². The van der Waals surface area contributed by atoms with E-state index in [4.69, 9.17) is 4.74 Å². The quantitative estimate of drug-likeness (QED) is 0.473. The topological polar surface area (TPSA) is 69.0 Å². The van der Waals surface area contributed by atoms with Crippen LogP contribution in [-0.2, 0) is 11.2 Å². The number of hydrogen-bond donors (Lipinski definition) is 1. The Morgan fingerprint density at radius 2 is 1.74 bits per heavy atom. The van der Waals surface area contributed by atoms with Crippen LogP contribution in [-0.4, -0.2) is 27.3 Å². The first kappa shape index (κ1) is 20.3. The summed E-state index contributed by atoms with van der Waals surface area (Å²) in [5.41, 5.74) is 4.17. The van der Waals surface area contributed by atoms with Crippen molar-refractivity contribution in [1.29, 1.82) is 0 Å². The van der Waals surface area contributed by atoms with Gasteiger partial charge in [-0.3, -0.25) is 4.79 Å². The molecular weight excluding hydrogens is 388 g/mol. The van der Waals surface area contributed by atoms with Gasteiger partial charge in [0.2, 0.25) is 0 Å². The lowest BCUT2D eigenvalue weighted by molar-refractivity contribution is -0.123. The fourth-order valence-corrected chi connectivity index (χ4v) is 3.37. The van der Waals surface area contributed by atoms with E-state index in [-0.39, 0.29) is 18.6 Å². The number of rotatable bonds is 8. The number of nitrogens with zero attached hydrogens (tertiary/aromatic N) is 3. The minimum Gasteiger partial charge on any atom is -0.483 e. The van der Waals surface area contributed by atoms with Gasteiger partial charge >= 0.3 is 0 Å². The molecule has 0 aliphatic heterocycles. The van der Waals surface area contributed by atoms with Gasteiger partial charge in [-0.05, 0) is 41.8 Å². The Hall–Kier alpha value is -3.93. The fourth-order valence-electron chi connectivity index (χ4n) is 3.37. The molecule has 156 valence electrons. The maximum absolute atomic E-state index is 12.5. The van der Waals surface area contributed by atoms with Crippen LogP contribution < -0.4 is 10.1 Å². The van der Waals surface area contributed by atoms with Crippen LogP contribution in [0.4, 0.5) is 0 Å². The molecule has 6 heteroatoms. The number of carbonyl (C=O) groups is 1. The van der Waals surface area contributed by atoms with Gasteiger partial charge < -0.3 is 10.1 Å². The molecule has 4 aromatic rings. The molecular formula is C25H24N4O2. The van der Waals surface area contributed by atoms with Crippen molar-refractivity contribution in [3.05, 3.63) is 108 Å². The summed E-state index contributed by atoms with van der Waals surface area (Å²) in [6.45, 7) is 1.92. The average Bonchev–Trinajstić information content (AvgIpc) is 3.34. The maximum atomic E-state index is 12.5. The van der Waals surface area contributed by atoms with Crippen molar-refractivity contribution in [3.63, 3.8) is 0 Å². The predicted molar refractivity (Wildman–Crippen MR) is 119 cm³/mol. The molecule has 31 heavy (non-hydrogen) atoms. The Balaban J connectivity index is 1.33. The molecule has 1 amide bonds. The van der Waals surface area contributed by atoms with Crippen LogP contribution >= 0.6 is 0 Å². The van der Waals surface area contributed by atoms with Crippen LogP contribution in [0, 0.1) is 0 Å². The van der Waals surface area contributed by atoms with Gasteiger partial charge in [0.25, 0.3) is 5.91 Å². The minimum absolute atomic E-state index is 0.0345. The summed E-state index contributed by atoms with van der Waals surface area (Å²) in [4.78, 5) is 16.4. The van der Waals surface area contributed by atoms with Crippen molar-refractivity contribution in [3.8, 4) is 11.4 Å². The Morgan fingerprint density at radius 1 is 1.00 bits per heavy atom. The van der Waals surface area contributed by atoms with Gasteiger partial charge in [-0.15, -0.1) is 0 Å². The summed E-state index contributed by atoms with van der Waals surface area (Å²) in [7, 11) is 0. The molecule has 0 saturated carbocycles. The van der Waals surface area contributed by atoms with Crippen LogP contribution in [0.25, 0.3) is 5.69 Å². The second-order valence-electron chi connectivity index (χ2n) is 7.28. The largest absolute Gasteiger partial charge is 0.483 e. The Labute approximate surface area is 181 Å². The first-order valence-corrected chi connectivity index (χ1v) is 10.2. The van der Waals surface area contributed by atoms with Crippen molar-refractivity contribution < 1.29 is 9.53 Å². The average molecular weight is 412 g/mol. The molecule has 1 atom stereocenters. The Kier molecular flexibility index (Phi) is 6.38. The van der Waals surface area contributed by atoms with E-state index >= 15 is 0 Å². The normalized spacial score (nSPS) is 11.6. The molecule has 4 rings (SSSR count). The lowest BCUT2D eigenvalue weighted by Crippen LogP contribution is -2.31. The third-order valence-electron chi connectivity index (χ3n) is 5.02. The van der Waals surface area contributed by atoms with Crippen molar-refractivity contribution >= 4 is 5.91 Å². The van der Waals surface area contributed by atoms with E-state index in [0.717, 1.165) is 29.0 Å². The summed E-state index contributed by atoms with van der Waals surface area (Å²) in [6.07, 6.45) is 3.90. The van der Waals surface area contributed by atoms with Gasteiger partial charge in [-0.1, -0.05) is 60.7 Å². The second kappa shape index (κ2) is 9.71. The number of aromatic nitrogens is 3. The zero-order chi connectivity index (χ0) is 21.5. The molecule has 6 nitrogen and oxygen atoms in total. The van der Waals surface area contributed by atoms with Crippen molar-refractivity contribution in [1.82, 2.24) is 20.1 Å². The van der Waals surface area contributed by atoms with E-state index in [1.165, 1.54) is 11.9 Å². The van der Waals surface area contributed by atoms with Gasteiger partial charge in [-0.2, -0.15) is 5.10 Å². The number of hydrogen-bond acceptors (Lipinski definition) is 4.